The number of methoxy groups -OCH3 is 1. The fourth-order valence-electron chi connectivity index (χ4n) is 2.34. The van der Waals surface area contributed by atoms with Crippen LogP contribution in [0.25, 0.3) is 0 Å². The summed E-state index contributed by atoms with van der Waals surface area (Å²) < 4.78 is 5.24. The van der Waals surface area contributed by atoms with Crippen molar-refractivity contribution in [1.82, 2.24) is 4.90 Å². The van der Waals surface area contributed by atoms with Gasteiger partial charge in [-0.2, -0.15) is 0 Å². The lowest BCUT2D eigenvalue weighted by atomic mass is 10.1. The summed E-state index contributed by atoms with van der Waals surface area (Å²) in [6, 6.07) is 6.21. The molecule has 3 heteroatoms. The average molecular weight is 233 g/mol. The third-order valence-electron chi connectivity index (χ3n) is 3.20. The van der Waals surface area contributed by atoms with E-state index in [1.54, 1.807) is 7.11 Å². The molecule has 1 aromatic rings. The van der Waals surface area contributed by atoms with Gasteiger partial charge in [0.15, 0.2) is 0 Å². The molecule has 17 heavy (non-hydrogen) atoms. The number of carbonyl (C=O) groups is 1. The first-order chi connectivity index (χ1) is 8.19. The number of Topliss-reactive ketones (excluding diaryl/α,β-unsaturated/α-hetero) is 1. The Balaban J connectivity index is 2.03. The number of hydrogen-bond donors (Lipinski definition) is 0. The van der Waals surface area contributed by atoms with E-state index in [2.05, 4.69) is 17.0 Å². The van der Waals surface area contributed by atoms with E-state index in [0.29, 0.717) is 12.3 Å². The number of benzene rings is 1. The van der Waals surface area contributed by atoms with E-state index in [4.69, 9.17) is 4.74 Å². The van der Waals surface area contributed by atoms with Gasteiger partial charge in [0, 0.05) is 13.0 Å². The smallest absolute Gasteiger partial charge is 0.146 e. The third-order valence-corrected chi connectivity index (χ3v) is 3.20. The molecule has 0 atom stereocenters. The van der Waals surface area contributed by atoms with E-state index in [1.807, 2.05) is 13.0 Å². The van der Waals surface area contributed by atoms with Gasteiger partial charge >= 0.3 is 0 Å². The number of ether oxygens (including phenoxy) is 1. The lowest BCUT2D eigenvalue weighted by Gasteiger charge is -2.25. The van der Waals surface area contributed by atoms with Crippen LogP contribution in [-0.4, -0.2) is 30.9 Å². The molecule has 1 saturated heterocycles. The van der Waals surface area contributed by atoms with Crippen LogP contribution in [0, 0.1) is 6.92 Å². The number of hydrogen-bond acceptors (Lipinski definition) is 3. The Hall–Kier alpha value is -1.35. The van der Waals surface area contributed by atoms with E-state index in [1.165, 1.54) is 5.56 Å². The van der Waals surface area contributed by atoms with Gasteiger partial charge < -0.3 is 4.74 Å². The van der Waals surface area contributed by atoms with Crippen LogP contribution >= 0.6 is 0 Å². The number of nitrogens with zero attached hydrogens (tertiary/aromatic N) is 1. The second-order valence-electron chi connectivity index (χ2n) is 4.66. The van der Waals surface area contributed by atoms with Crippen molar-refractivity contribution in [2.45, 2.75) is 26.3 Å². The molecule has 1 aliphatic rings. The summed E-state index contributed by atoms with van der Waals surface area (Å²) in [5.41, 5.74) is 2.39. The molecule has 1 aromatic carbocycles. The monoisotopic (exact) mass is 233 g/mol. The van der Waals surface area contributed by atoms with E-state index in [0.717, 1.165) is 37.2 Å². The largest absolute Gasteiger partial charge is 0.496 e. The first kappa shape index (κ1) is 12.1. The standard InChI is InChI=1S/C14H19NO2/c1-11-8-12(5-6-14(11)17-2)9-15-7-3-4-13(16)10-15/h5-6,8H,3-4,7,9-10H2,1-2H3. The van der Waals surface area contributed by atoms with Gasteiger partial charge in [0.25, 0.3) is 0 Å². The molecular weight excluding hydrogens is 214 g/mol. The Morgan fingerprint density at radius 2 is 2.24 bits per heavy atom. The number of rotatable bonds is 3. The van der Waals surface area contributed by atoms with Gasteiger partial charge in [-0.1, -0.05) is 12.1 Å². The Kier molecular flexibility index (Phi) is 3.79. The van der Waals surface area contributed by atoms with Crippen molar-refractivity contribution in [1.29, 1.82) is 0 Å². The molecular formula is C14H19NO2. The fraction of sp³-hybridized carbons (Fsp3) is 0.500. The molecule has 1 heterocycles. The Morgan fingerprint density at radius 3 is 2.88 bits per heavy atom. The average Bonchev–Trinajstić information content (AvgIpc) is 2.29. The molecule has 3 nitrogen and oxygen atoms in total. The lowest BCUT2D eigenvalue weighted by molar-refractivity contribution is -0.122. The highest BCUT2D eigenvalue weighted by atomic mass is 16.5. The lowest BCUT2D eigenvalue weighted by Crippen LogP contribution is -2.34. The predicted octanol–water partition coefficient (Wildman–Crippen LogP) is 2.17. The third kappa shape index (κ3) is 3.07. The van der Waals surface area contributed by atoms with E-state index in [-0.39, 0.29) is 0 Å². The maximum atomic E-state index is 11.4. The molecule has 0 N–H and O–H groups in total. The van der Waals surface area contributed by atoms with Gasteiger partial charge in [-0.05, 0) is 37.1 Å². The van der Waals surface area contributed by atoms with Crippen LogP contribution in [-0.2, 0) is 11.3 Å². The van der Waals surface area contributed by atoms with Crippen molar-refractivity contribution in [3.05, 3.63) is 29.3 Å². The quantitative estimate of drug-likeness (QED) is 0.801. The summed E-state index contributed by atoms with van der Waals surface area (Å²) in [4.78, 5) is 13.6. The summed E-state index contributed by atoms with van der Waals surface area (Å²) in [6.45, 7) is 4.53. The second-order valence-corrected chi connectivity index (χ2v) is 4.66. The van der Waals surface area contributed by atoms with Crippen LogP contribution in [0.15, 0.2) is 18.2 Å². The van der Waals surface area contributed by atoms with Crippen LogP contribution < -0.4 is 4.74 Å². The molecule has 2 rings (SSSR count). The second kappa shape index (κ2) is 5.32. The highest BCUT2D eigenvalue weighted by Gasteiger charge is 2.16. The van der Waals surface area contributed by atoms with Crippen LogP contribution in [0.1, 0.15) is 24.0 Å². The number of aryl methyl sites for hydroxylation is 1. The Morgan fingerprint density at radius 1 is 1.41 bits per heavy atom. The van der Waals surface area contributed by atoms with Crippen molar-refractivity contribution in [3.8, 4) is 5.75 Å². The molecule has 0 bridgehead atoms. The minimum absolute atomic E-state index is 0.362. The number of likely N-dealkylation sites (tertiary alicyclic amines) is 1. The van der Waals surface area contributed by atoms with Gasteiger partial charge in [-0.15, -0.1) is 0 Å². The molecule has 1 fully saturated rings. The molecule has 0 spiro atoms. The van der Waals surface area contributed by atoms with E-state index in [9.17, 15) is 4.79 Å². The molecule has 0 saturated carbocycles. The summed E-state index contributed by atoms with van der Waals surface area (Å²) >= 11 is 0. The normalized spacial score (nSPS) is 17.2. The van der Waals surface area contributed by atoms with Gasteiger partial charge in [0.1, 0.15) is 11.5 Å². The topological polar surface area (TPSA) is 29.5 Å². The molecule has 0 amide bonds. The van der Waals surface area contributed by atoms with Crippen molar-refractivity contribution in [2.75, 3.05) is 20.2 Å². The molecule has 1 aliphatic heterocycles. The van der Waals surface area contributed by atoms with Crippen molar-refractivity contribution >= 4 is 5.78 Å². The van der Waals surface area contributed by atoms with Crippen LogP contribution in [0.4, 0.5) is 0 Å². The zero-order chi connectivity index (χ0) is 12.3. The molecule has 0 aromatic heterocycles. The van der Waals surface area contributed by atoms with Crippen molar-refractivity contribution in [3.63, 3.8) is 0 Å². The minimum atomic E-state index is 0.362. The van der Waals surface area contributed by atoms with E-state index >= 15 is 0 Å². The highest BCUT2D eigenvalue weighted by Crippen LogP contribution is 2.20. The van der Waals surface area contributed by atoms with E-state index < -0.39 is 0 Å². The van der Waals surface area contributed by atoms with Crippen LogP contribution in [0.3, 0.4) is 0 Å². The summed E-state index contributed by atoms with van der Waals surface area (Å²) in [7, 11) is 1.69. The summed E-state index contributed by atoms with van der Waals surface area (Å²) in [5.74, 6) is 1.28. The van der Waals surface area contributed by atoms with Gasteiger partial charge in [-0.3, -0.25) is 9.69 Å². The Bertz CT molecular complexity index is 415. The Labute approximate surface area is 102 Å². The zero-order valence-corrected chi connectivity index (χ0v) is 10.5. The maximum absolute atomic E-state index is 11.4. The number of ketones is 1. The predicted molar refractivity (Wildman–Crippen MR) is 67.2 cm³/mol. The summed E-state index contributed by atoms with van der Waals surface area (Å²) in [6.07, 6.45) is 1.74. The number of piperidine rings is 1. The van der Waals surface area contributed by atoms with Gasteiger partial charge in [-0.25, -0.2) is 0 Å². The first-order valence-corrected chi connectivity index (χ1v) is 6.06. The molecule has 0 unspecified atom stereocenters. The SMILES string of the molecule is COc1ccc(CN2CCCC(=O)C2)cc1C. The maximum Gasteiger partial charge on any atom is 0.146 e. The van der Waals surface area contributed by atoms with Crippen LogP contribution in [0.5, 0.6) is 5.75 Å². The van der Waals surface area contributed by atoms with Gasteiger partial charge in [0.2, 0.25) is 0 Å². The molecule has 92 valence electrons. The number of carbonyl (C=O) groups excluding carboxylic acids is 1. The fourth-order valence-corrected chi connectivity index (χ4v) is 2.34. The van der Waals surface area contributed by atoms with Crippen LogP contribution in [0.2, 0.25) is 0 Å². The van der Waals surface area contributed by atoms with Crippen molar-refractivity contribution < 1.29 is 9.53 Å². The van der Waals surface area contributed by atoms with Gasteiger partial charge in [0.05, 0.1) is 13.7 Å². The van der Waals surface area contributed by atoms with Crippen molar-refractivity contribution in [2.24, 2.45) is 0 Å². The summed E-state index contributed by atoms with van der Waals surface area (Å²) in [5, 5.41) is 0. The minimum Gasteiger partial charge on any atom is -0.496 e. The zero-order valence-electron chi connectivity index (χ0n) is 10.5. The highest BCUT2D eigenvalue weighted by molar-refractivity contribution is 5.81. The molecule has 0 aliphatic carbocycles. The first-order valence-electron chi connectivity index (χ1n) is 6.06. The molecule has 0 radical (unpaired) electrons.